The lowest BCUT2D eigenvalue weighted by Gasteiger charge is -2.35. The van der Waals surface area contributed by atoms with Crippen molar-refractivity contribution in [3.63, 3.8) is 0 Å². The zero-order valence-corrected chi connectivity index (χ0v) is 38.8. The van der Waals surface area contributed by atoms with Gasteiger partial charge in [-0.25, -0.2) is 0 Å². The van der Waals surface area contributed by atoms with Gasteiger partial charge < -0.3 is 59.7 Å². The molecule has 0 bridgehead atoms. The second-order valence-corrected chi connectivity index (χ2v) is 15.1. The van der Waals surface area contributed by atoms with Gasteiger partial charge in [-0.2, -0.15) is 5.26 Å². The molecule has 1 aromatic rings. The highest BCUT2D eigenvalue weighted by molar-refractivity contribution is 5.95. The van der Waals surface area contributed by atoms with Gasteiger partial charge in [0.2, 0.25) is 17.7 Å². The molecule has 2 unspecified atom stereocenters. The smallest absolute Gasteiger partial charge is 0.251 e. The molecule has 0 heterocycles. The first kappa shape index (κ1) is 58.7. The van der Waals surface area contributed by atoms with Gasteiger partial charge in [-0.05, 0) is 64.7 Å². The van der Waals surface area contributed by atoms with Gasteiger partial charge >= 0.3 is 0 Å². The van der Waals surface area contributed by atoms with Crippen molar-refractivity contribution < 1.29 is 62.6 Å². The predicted molar refractivity (Wildman–Crippen MR) is 244 cm³/mol. The molecular formula is C47H70N6O13. The van der Waals surface area contributed by atoms with Crippen LogP contribution in [-0.4, -0.2) is 156 Å². The minimum absolute atomic E-state index is 0.0325. The van der Waals surface area contributed by atoms with Gasteiger partial charge in [0.15, 0.2) is 5.75 Å². The molecule has 0 aliphatic carbocycles. The summed E-state index contributed by atoms with van der Waals surface area (Å²) >= 11 is 0. The molecule has 0 fully saturated rings. The lowest BCUT2D eigenvalue weighted by Crippen LogP contribution is -2.50. The molecule has 5 N–H and O–H groups in total. The van der Waals surface area contributed by atoms with Crippen LogP contribution in [0.25, 0.3) is 0 Å². The quantitative estimate of drug-likeness (QED) is 0.0273. The fourth-order valence-electron chi connectivity index (χ4n) is 6.17. The van der Waals surface area contributed by atoms with Gasteiger partial charge in [0, 0.05) is 62.1 Å². The van der Waals surface area contributed by atoms with Crippen LogP contribution < -0.4 is 26.2 Å². The summed E-state index contributed by atoms with van der Waals surface area (Å²) in [5.74, 6) is 5.73. The van der Waals surface area contributed by atoms with Crippen LogP contribution in [0, 0.1) is 48.4 Å². The Morgan fingerprint density at radius 3 is 1.55 bits per heavy atom. The minimum atomic E-state index is -1.24. The first-order valence-electron chi connectivity index (χ1n) is 22.1. The highest BCUT2D eigenvalue weighted by Crippen LogP contribution is 2.28. The summed E-state index contributed by atoms with van der Waals surface area (Å²) in [6.07, 6.45) is 14.9. The molecule has 19 nitrogen and oxygen atoms in total. The zero-order valence-electron chi connectivity index (χ0n) is 38.8. The molecule has 4 amide bonds. The van der Waals surface area contributed by atoms with Gasteiger partial charge in [-0.1, -0.05) is 28.8 Å². The van der Waals surface area contributed by atoms with Crippen LogP contribution >= 0.6 is 0 Å². The molecule has 0 saturated heterocycles. The van der Waals surface area contributed by atoms with Gasteiger partial charge in [-0.3, -0.25) is 19.2 Å². The van der Waals surface area contributed by atoms with E-state index in [2.05, 4.69) is 39.0 Å². The fourth-order valence-corrected chi connectivity index (χ4v) is 6.17. The molecule has 1 aromatic carbocycles. The van der Waals surface area contributed by atoms with Crippen molar-refractivity contribution in [2.75, 3.05) is 98.9 Å². The Morgan fingerprint density at radius 2 is 1.14 bits per heavy atom. The Labute approximate surface area is 390 Å². The van der Waals surface area contributed by atoms with E-state index in [4.69, 9.17) is 62.8 Å². The van der Waals surface area contributed by atoms with Crippen LogP contribution in [0.4, 0.5) is 0 Å². The molecule has 0 aliphatic rings. The van der Waals surface area contributed by atoms with E-state index in [9.17, 15) is 24.3 Å². The lowest BCUT2D eigenvalue weighted by atomic mass is 9.82. The number of nitriles is 1. The van der Waals surface area contributed by atoms with E-state index in [1.165, 1.54) is 11.1 Å². The standard InChI is InChI=1S/C47H70N6O13/c1-7-24-59-30-33-62-27-21-49-43(55)13-17-47(18-14-44(56)50-22-28-63-34-31-60-25-8-2,19-15-45(57)51-23-29-64-35-32-61-26-9-3)52-46(58)40-11-10-12-42(37-40)65-66-53(38(4)5)39(6)36-41(54)16-20-48/h1-3,10-12,37-39,41,54H,13-19,21-36H2,4-6H3,(H,49,55)(H,50,56)(H,51,57)(H,52,58). The maximum Gasteiger partial charge on any atom is 0.251 e. The molecule has 0 saturated carbocycles. The van der Waals surface area contributed by atoms with Crippen molar-refractivity contribution in [1.82, 2.24) is 26.3 Å². The number of ether oxygens (including phenoxy) is 6. The lowest BCUT2D eigenvalue weighted by molar-refractivity contribution is -0.391. The normalized spacial score (nSPS) is 12.0. The van der Waals surface area contributed by atoms with E-state index in [1.54, 1.807) is 18.2 Å². The van der Waals surface area contributed by atoms with E-state index in [0.29, 0.717) is 19.8 Å². The first-order chi connectivity index (χ1) is 31.9. The highest BCUT2D eigenvalue weighted by atomic mass is 17.3. The zero-order chi connectivity index (χ0) is 48.7. The van der Waals surface area contributed by atoms with Crippen LogP contribution in [0.1, 0.15) is 82.5 Å². The topological polar surface area (TPSA) is 237 Å². The second kappa shape index (κ2) is 37.9. The summed E-state index contributed by atoms with van der Waals surface area (Å²) in [4.78, 5) is 65.2. The van der Waals surface area contributed by atoms with E-state index in [1.807, 2.05) is 26.8 Å². The number of carbonyl (C=O) groups is 4. The number of nitrogens with one attached hydrogen (secondary N) is 4. The van der Waals surface area contributed by atoms with E-state index in [0.717, 1.165) is 0 Å². The van der Waals surface area contributed by atoms with Crippen molar-refractivity contribution >= 4 is 23.6 Å². The molecule has 19 heteroatoms. The van der Waals surface area contributed by atoms with E-state index in [-0.39, 0.29) is 172 Å². The van der Waals surface area contributed by atoms with Crippen LogP contribution in [0.15, 0.2) is 24.3 Å². The van der Waals surface area contributed by atoms with Crippen LogP contribution in [0.3, 0.4) is 0 Å². The molecule has 1 rings (SSSR count). The third kappa shape index (κ3) is 29.3. The largest absolute Gasteiger partial charge is 0.392 e. The average Bonchev–Trinajstić information content (AvgIpc) is 3.29. The number of rotatable bonds is 40. The van der Waals surface area contributed by atoms with Crippen LogP contribution in [-0.2, 0) is 47.8 Å². The van der Waals surface area contributed by atoms with Crippen molar-refractivity contribution in [2.24, 2.45) is 0 Å². The summed E-state index contributed by atoms with van der Waals surface area (Å²) in [5.41, 5.74) is -1.08. The van der Waals surface area contributed by atoms with Crippen molar-refractivity contribution in [1.29, 1.82) is 5.26 Å². The van der Waals surface area contributed by atoms with E-state index >= 15 is 0 Å². The Balaban J connectivity index is 3.28. The summed E-state index contributed by atoms with van der Waals surface area (Å²) in [6.45, 7) is 9.11. The summed E-state index contributed by atoms with van der Waals surface area (Å²) in [5, 5.41) is 32.2. The monoisotopic (exact) mass is 927 g/mol. The summed E-state index contributed by atoms with van der Waals surface area (Å²) in [7, 11) is 0. The first-order valence-corrected chi connectivity index (χ1v) is 22.1. The van der Waals surface area contributed by atoms with Crippen molar-refractivity contribution in [3.8, 4) is 48.9 Å². The Morgan fingerprint density at radius 1 is 0.697 bits per heavy atom. The van der Waals surface area contributed by atoms with Gasteiger partial charge in [-0.15, -0.1) is 24.3 Å². The maximum absolute atomic E-state index is 14.2. The van der Waals surface area contributed by atoms with Crippen LogP contribution in [0.5, 0.6) is 5.75 Å². The summed E-state index contributed by atoms with van der Waals surface area (Å²) < 4.78 is 32.0. The minimum Gasteiger partial charge on any atom is -0.392 e. The number of amides is 4. The number of carbonyl (C=O) groups excluding carboxylic acids is 4. The number of hydrogen-bond donors (Lipinski definition) is 5. The molecule has 0 aromatic heterocycles. The second-order valence-electron chi connectivity index (χ2n) is 15.1. The van der Waals surface area contributed by atoms with E-state index < -0.39 is 17.6 Å². The molecule has 0 aliphatic heterocycles. The van der Waals surface area contributed by atoms with Crippen LogP contribution in [0.2, 0.25) is 0 Å². The number of aliphatic hydroxyl groups is 1. The third-order valence-corrected chi connectivity index (χ3v) is 9.45. The number of terminal acetylenes is 3. The SMILES string of the molecule is C#CCOCCOCCNC(=O)CCC(CCC(=O)NCCOCCOCC#C)(CCC(=O)NCCOCCOCC#C)NC(=O)c1cccc(OON(C(C)C)C(C)CC(O)CC#N)c1. The summed E-state index contributed by atoms with van der Waals surface area (Å²) in [6, 6.07) is 7.65. The molecule has 0 radical (unpaired) electrons. The fraction of sp³-hybridized carbons (Fsp3) is 0.638. The predicted octanol–water partition coefficient (Wildman–Crippen LogP) is 1.83. The number of hydroxylamine groups is 2. The molecule has 2 atom stereocenters. The number of aliphatic hydroxyl groups excluding tert-OH is 1. The van der Waals surface area contributed by atoms with Gasteiger partial charge in [0.1, 0.15) is 19.8 Å². The maximum atomic E-state index is 14.2. The molecular weight excluding hydrogens is 857 g/mol. The number of benzene rings is 1. The molecule has 66 heavy (non-hydrogen) atoms. The molecule has 366 valence electrons. The Kier molecular flexibility index (Phi) is 33.7. The Hall–Kier alpha value is -5.29. The van der Waals surface area contributed by atoms with Gasteiger partial charge in [0.05, 0.1) is 78.1 Å². The van der Waals surface area contributed by atoms with Crippen molar-refractivity contribution in [3.05, 3.63) is 29.8 Å². The Bertz CT molecular complexity index is 1590. The highest BCUT2D eigenvalue weighted by Gasteiger charge is 2.34. The average molecular weight is 927 g/mol. The number of nitrogens with zero attached hydrogens (tertiary/aromatic N) is 2. The molecule has 0 spiro atoms. The number of hydrogen-bond acceptors (Lipinski definition) is 15. The van der Waals surface area contributed by atoms with Crippen molar-refractivity contribution in [2.45, 2.75) is 95.9 Å². The third-order valence-electron chi connectivity index (χ3n) is 9.45. The van der Waals surface area contributed by atoms with Gasteiger partial charge in [0.25, 0.3) is 5.91 Å².